The van der Waals surface area contributed by atoms with Gasteiger partial charge in [-0.25, -0.2) is 9.37 Å². The summed E-state index contributed by atoms with van der Waals surface area (Å²) in [5.74, 6) is 0.958. The van der Waals surface area contributed by atoms with Crippen LogP contribution in [0.1, 0.15) is 21.1 Å². The molecule has 0 unspecified atom stereocenters. The number of nitrogens with two attached hydrogens (primary N) is 1. The average Bonchev–Trinajstić information content (AvgIpc) is 2.98. The molecule has 1 aromatic carbocycles. The zero-order valence-corrected chi connectivity index (χ0v) is 14.9. The first-order valence-corrected chi connectivity index (χ1v) is 8.98. The van der Waals surface area contributed by atoms with E-state index in [1.54, 1.807) is 29.3 Å². The van der Waals surface area contributed by atoms with Crippen LogP contribution in [0.2, 0.25) is 0 Å². The number of nitrogens with zero attached hydrogens (tertiary/aromatic N) is 1. The van der Waals surface area contributed by atoms with E-state index in [4.69, 9.17) is 5.73 Å². The molecule has 1 aromatic heterocycles. The van der Waals surface area contributed by atoms with E-state index >= 15 is 0 Å². The Kier molecular flexibility index (Phi) is 9.16. The molecule has 0 aliphatic rings. The highest BCUT2D eigenvalue weighted by atomic mass is 35.5. The van der Waals surface area contributed by atoms with Gasteiger partial charge in [0.25, 0.3) is 5.91 Å². The lowest BCUT2D eigenvalue weighted by Crippen LogP contribution is -2.26. The van der Waals surface area contributed by atoms with Crippen molar-refractivity contribution in [1.29, 1.82) is 0 Å². The van der Waals surface area contributed by atoms with Crippen molar-refractivity contribution >= 4 is 41.4 Å². The van der Waals surface area contributed by atoms with Crippen LogP contribution in [0.15, 0.2) is 29.6 Å². The maximum Gasteiger partial charge on any atom is 0.270 e. The lowest BCUT2D eigenvalue weighted by Gasteiger charge is -2.04. The number of amides is 1. The van der Waals surface area contributed by atoms with Gasteiger partial charge in [-0.05, 0) is 18.2 Å². The van der Waals surface area contributed by atoms with E-state index < -0.39 is 0 Å². The zero-order chi connectivity index (χ0) is 15.8. The molecule has 8 heteroatoms. The number of carbonyl (C=O) groups excluding carboxylic acids is 1. The molecule has 0 radical (unpaired) electrons. The van der Waals surface area contributed by atoms with Crippen molar-refractivity contribution in [2.24, 2.45) is 5.73 Å². The van der Waals surface area contributed by atoms with Gasteiger partial charge in [-0.2, -0.15) is 11.8 Å². The molecule has 126 valence electrons. The summed E-state index contributed by atoms with van der Waals surface area (Å²) < 4.78 is 13.4. The molecule has 2 rings (SSSR count). The van der Waals surface area contributed by atoms with Crippen molar-refractivity contribution in [1.82, 2.24) is 10.3 Å². The third kappa shape index (κ3) is 6.47. The second-order valence-corrected chi connectivity index (χ2v) is 6.61. The van der Waals surface area contributed by atoms with E-state index in [-0.39, 0.29) is 24.1 Å². The summed E-state index contributed by atoms with van der Waals surface area (Å²) in [5, 5.41) is 5.43. The molecule has 0 fully saturated rings. The van der Waals surface area contributed by atoms with Gasteiger partial charge < -0.3 is 11.1 Å². The number of hydrogen-bond acceptors (Lipinski definition) is 5. The molecule has 23 heavy (non-hydrogen) atoms. The minimum atomic E-state index is -0.186. The Bertz CT molecular complexity index is 624. The molecule has 0 spiro atoms. The van der Waals surface area contributed by atoms with Crippen molar-refractivity contribution in [2.45, 2.75) is 12.2 Å². The standard InChI is InChI=1S/C15H18FN3OS2.ClH/c16-12-4-2-1-3-11(12)9-21-8-7-18-15(20)13-10-22-14(19-13)5-6-17;/h1-4,10H,5-9,17H2,(H,18,20);1H. The minimum absolute atomic E-state index is 0. The molecule has 1 amide bonds. The fourth-order valence-corrected chi connectivity index (χ4v) is 3.42. The van der Waals surface area contributed by atoms with Crippen molar-refractivity contribution in [3.05, 3.63) is 51.7 Å². The van der Waals surface area contributed by atoms with E-state index in [0.717, 1.165) is 10.8 Å². The van der Waals surface area contributed by atoms with Gasteiger partial charge in [0, 0.05) is 29.9 Å². The Hall–Kier alpha value is -1.15. The van der Waals surface area contributed by atoms with Gasteiger partial charge in [0.05, 0.1) is 5.01 Å². The number of halogens is 2. The molecular weight excluding hydrogens is 357 g/mol. The number of thioether (sulfide) groups is 1. The topological polar surface area (TPSA) is 68.0 Å². The van der Waals surface area contributed by atoms with E-state index in [2.05, 4.69) is 10.3 Å². The molecule has 3 N–H and O–H groups in total. The van der Waals surface area contributed by atoms with Crippen molar-refractivity contribution in [2.75, 3.05) is 18.8 Å². The zero-order valence-electron chi connectivity index (χ0n) is 12.5. The Morgan fingerprint density at radius 2 is 2.17 bits per heavy atom. The third-order valence-electron chi connectivity index (χ3n) is 2.89. The fraction of sp³-hybridized carbons (Fsp3) is 0.333. The molecule has 2 aromatic rings. The Balaban J connectivity index is 0.00000264. The third-order valence-corrected chi connectivity index (χ3v) is 4.81. The van der Waals surface area contributed by atoms with E-state index in [9.17, 15) is 9.18 Å². The Morgan fingerprint density at radius 3 is 2.91 bits per heavy atom. The predicted octanol–water partition coefficient (Wildman–Crippen LogP) is 2.87. The summed E-state index contributed by atoms with van der Waals surface area (Å²) in [4.78, 5) is 16.1. The number of aromatic nitrogens is 1. The second-order valence-electron chi connectivity index (χ2n) is 4.57. The first kappa shape index (κ1) is 19.9. The maximum absolute atomic E-state index is 13.4. The van der Waals surface area contributed by atoms with Crippen LogP contribution in [0.4, 0.5) is 4.39 Å². The SMILES string of the molecule is Cl.NCCc1nc(C(=O)NCCSCc2ccccc2F)cs1. The fourth-order valence-electron chi connectivity index (χ4n) is 1.78. The normalized spacial score (nSPS) is 10.2. The molecule has 0 aliphatic heterocycles. The first-order chi connectivity index (χ1) is 10.7. The van der Waals surface area contributed by atoms with Gasteiger partial charge in [-0.3, -0.25) is 4.79 Å². The van der Waals surface area contributed by atoms with Crippen LogP contribution < -0.4 is 11.1 Å². The van der Waals surface area contributed by atoms with Crippen LogP contribution in [0.25, 0.3) is 0 Å². The number of rotatable bonds is 8. The van der Waals surface area contributed by atoms with Gasteiger partial charge in [-0.1, -0.05) is 18.2 Å². The quantitative estimate of drug-likeness (QED) is 0.696. The summed E-state index contributed by atoms with van der Waals surface area (Å²) >= 11 is 3.03. The number of nitrogens with one attached hydrogen (secondary N) is 1. The summed E-state index contributed by atoms with van der Waals surface area (Å²) in [6.45, 7) is 1.06. The summed E-state index contributed by atoms with van der Waals surface area (Å²) in [6, 6.07) is 6.73. The number of hydrogen-bond donors (Lipinski definition) is 2. The molecule has 0 bridgehead atoms. The van der Waals surface area contributed by atoms with Crippen molar-refractivity contribution < 1.29 is 9.18 Å². The summed E-state index contributed by atoms with van der Waals surface area (Å²) in [6.07, 6.45) is 0.691. The van der Waals surface area contributed by atoms with Crippen LogP contribution >= 0.6 is 35.5 Å². The predicted molar refractivity (Wildman–Crippen MR) is 97.0 cm³/mol. The number of thiazole rings is 1. The molecule has 0 aliphatic carbocycles. The average molecular weight is 376 g/mol. The highest BCUT2D eigenvalue weighted by Crippen LogP contribution is 2.15. The van der Waals surface area contributed by atoms with Gasteiger partial charge in [-0.15, -0.1) is 23.7 Å². The van der Waals surface area contributed by atoms with Crippen molar-refractivity contribution in [3.8, 4) is 0 Å². The van der Waals surface area contributed by atoms with E-state index in [1.165, 1.54) is 17.4 Å². The Labute approximate surface area is 149 Å². The number of carbonyl (C=O) groups is 1. The summed E-state index contributed by atoms with van der Waals surface area (Å²) in [5.41, 5.74) is 6.58. The smallest absolute Gasteiger partial charge is 0.270 e. The lowest BCUT2D eigenvalue weighted by atomic mass is 10.2. The summed E-state index contributed by atoms with van der Waals surface area (Å²) in [7, 11) is 0. The molecule has 0 saturated heterocycles. The van der Waals surface area contributed by atoms with Gasteiger partial charge in [0.2, 0.25) is 0 Å². The molecule has 4 nitrogen and oxygen atoms in total. The van der Waals surface area contributed by atoms with Gasteiger partial charge in [0.1, 0.15) is 11.5 Å². The van der Waals surface area contributed by atoms with E-state index in [1.807, 2.05) is 6.07 Å². The highest BCUT2D eigenvalue weighted by molar-refractivity contribution is 7.98. The van der Waals surface area contributed by atoms with Crippen LogP contribution in [-0.4, -0.2) is 29.7 Å². The Morgan fingerprint density at radius 1 is 1.39 bits per heavy atom. The molecule has 1 heterocycles. The maximum atomic E-state index is 13.4. The van der Waals surface area contributed by atoms with Gasteiger partial charge in [0.15, 0.2) is 0 Å². The molecular formula is C15H19ClFN3OS2. The highest BCUT2D eigenvalue weighted by Gasteiger charge is 2.09. The van der Waals surface area contributed by atoms with Crippen LogP contribution in [0.5, 0.6) is 0 Å². The second kappa shape index (κ2) is 10.6. The molecule has 0 atom stereocenters. The first-order valence-electron chi connectivity index (χ1n) is 6.94. The monoisotopic (exact) mass is 375 g/mol. The molecule has 0 saturated carbocycles. The van der Waals surface area contributed by atoms with E-state index in [0.29, 0.717) is 36.5 Å². The van der Waals surface area contributed by atoms with Crippen LogP contribution in [0, 0.1) is 5.82 Å². The minimum Gasteiger partial charge on any atom is -0.350 e. The lowest BCUT2D eigenvalue weighted by molar-refractivity contribution is 0.0951. The van der Waals surface area contributed by atoms with Gasteiger partial charge >= 0.3 is 0 Å². The largest absolute Gasteiger partial charge is 0.350 e. The number of benzene rings is 1. The van der Waals surface area contributed by atoms with Crippen LogP contribution in [-0.2, 0) is 12.2 Å². The van der Waals surface area contributed by atoms with Crippen molar-refractivity contribution in [3.63, 3.8) is 0 Å². The van der Waals surface area contributed by atoms with Crippen LogP contribution in [0.3, 0.4) is 0 Å².